The first-order valence-corrected chi connectivity index (χ1v) is 11.8. The second kappa shape index (κ2) is 9.65. The molecule has 2 aliphatic rings. The topological polar surface area (TPSA) is 50.1 Å². The van der Waals surface area contributed by atoms with Crippen LogP contribution in [0.4, 0.5) is 4.39 Å². The van der Waals surface area contributed by atoms with Crippen molar-refractivity contribution in [1.29, 1.82) is 0 Å². The second-order valence-corrected chi connectivity index (χ2v) is 9.22. The third kappa shape index (κ3) is 4.70. The molecule has 5 rings (SSSR count). The van der Waals surface area contributed by atoms with Gasteiger partial charge in [0.25, 0.3) is 0 Å². The molecule has 2 fully saturated rings. The van der Waals surface area contributed by atoms with E-state index in [2.05, 4.69) is 37.5 Å². The fourth-order valence-corrected chi connectivity index (χ4v) is 5.21. The zero-order valence-electron chi connectivity index (χ0n) is 18.1. The molecule has 0 bridgehead atoms. The van der Waals surface area contributed by atoms with Crippen LogP contribution in [0.15, 0.2) is 48.5 Å². The third-order valence-corrected chi connectivity index (χ3v) is 7.04. The molecule has 3 aromatic rings. The van der Waals surface area contributed by atoms with Gasteiger partial charge in [-0.2, -0.15) is 0 Å². The molecule has 1 aliphatic carbocycles. The summed E-state index contributed by atoms with van der Waals surface area (Å²) in [5, 5.41) is 13.4. The molecule has 1 saturated heterocycles. The van der Waals surface area contributed by atoms with E-state index in [-0.39, 0.29) is 11.9 Å². The molecule has 1 atom stereocenters. The van der Waals surface area contributed by atoms with E-state index in [0.29, 0.717) is 11.6 Å². The monoisotopic (exact) mass is 454 g/mol. The van der Waals surface area contributed by atoms with Crippen molar-refractivity contribution in [1.82, 2.24) is 30.0 Å². The summed E-state index contributed by atoms with van der Waals surface area (Å²) in [6.45, 7) is 4.55. The Morgan fingerprint density at radius 3 is 2.31 bits per heavy atom. The number of hydrogen-bond donors (Lipinski definition) is 0. The number of rotatable bonds is 6. The number of benzene rings is 2. The van der Waals surface area contributed by atoms with Crippen molar-refractivity contribution in [3.63, 3.8) is 0 Å². The lowest BCUT2D eigenvalue weighted by Gasteiger charge is -2.41. The van der Waals surface area contributed by atoms with Gasteiger partial charge in [0, 0.05) is 37.2 Å². The van der Waals surface area contributed by atoms with Crippen LogP contribution < -0.4 is 0 Å². The molecule has 168 valence electrons. The van der Waals surface area contributed by atoms with E-state index in [1.54, 1.807) is 12.1 Å². The standard InChI is InChI=1S/C24H28ClFN6/c25-20-9-7-19(8-10-20)23(31-15-13-30(14-16-31)22-3-1-2-4-22)24-27-28-29-32(24)17-18-5-11-21(26)12-6-18/h5-12,22-23H,1-4,13-17H2/t23-/m0/s1. The summed E-state index contributed by atoms with van der Waals surface area (Å²) in [4.78, 5) is 5.13. The predicted octanol–water partition coefficient (Wildman–Crippen LogP) is 4.16. The highest BCUT2D eigenvalue weighted by Gasteiger charge is 2.33. The molecule has 1 aromatic heterocycles. The van der Waals surface area contributed by atoms with Crippen molar-refractivity contribution < 1.29 is 4.39 Å². The molecule has 0 N–H and O–H groups in total. The van der Waals surface area contributed by atoms with Gasteiger partial charge in [-0.05, 0) is 58.7 Å². The summed E-state index contributed by atoms with van der Waals surface area (Å²) >= 11 is 6.17. The number of halogens is 2. The second-order valence-electron chi connectivity index (χ2n) is 8.79. The van der Waals surface area contributed by atoms with Crippen LogP contribution in [0.1, 0.15) is 48.7 Å². The van der Waals surface area contributed by atoms with Crippen molar-refractivity contribution in [2.75, 3.05) is 26.2 Å². The van der Waals surface area contributed by atoms with Crippen LogP contribution in [0.3, 0.4) is 0 Å². The number of tetrazole rings is 1. The number of aromatic nitrogens is 4. The summed E-state index contributed by atoms with van der Waals surface area (Å²) in [5.74, 6) is 0.552. The summed E-state index contributed by atoms with van der Waals surface area (Å²) < 4.78 is 15.2. The van der Waals surface area contributed by atoms with Crippen molar-refractivity contribution in [3.8, 4) is 0 Å². The van der Waals surface area contributed by atoms with E-state index in [9.17, 15) is 4.39 Å². The third-order valence-electron chi connectivity index (χ3n) is 6.79. The quantitative estimate of drug-likeness (QED) is 0.559. The summed E-state index contributed by atoms with van der Waals surface area (Å²) in [6, 6.07) is 15.1. The normalized spacial score (nSPS) is 19.4. The van der Waals surface area contributed by atoms with Crippen molar-refractivity contribution >= 4 is 11.6 Å². The van der Waals surface area contributed by atoms with Gasteiger partial charge in [-0.3, -0.25) is 9.80 Å². The first-order valence-electron chi connectivity index (χ1n) is 11.4. The van der Waals surface area contributed by atoms with Gasteiger partial charge in [0.1, 0.15) is 5.82 Å². The van der Waals surface area contributed by atoms with Crippen LogP contribution in [0, 0.1) is 5.82 Å². The summed E-state index contributed by atoms with van der Waals surface area (Å²) in [5.41, 5.74) is 2.08. The Morgan fingerprint density at radius 2 is 1.62 bits per heavy atom. The van der Waals surface area contributed by atoms with Gasteiger partial charge >= 0.3 is 0 Å². The van der Waals surface area contributed by atoms with Gasteiger partial charge in [-0.15, -0.1) is 5.10 Å². The zero-order chi connectivity index (χ0) is 21.9. The largest absolute Gasteiger partial charge is 0.298 e. The van der Waals surface area contributed by atoms with Gasteiger partial charge in [-0.1, -0.05) is 48.7 Å². The van der Waals surface area contributed by atoms with Crippen LogP contribution in [0.5, 0.6) is 0 Å². The zero-order valence-corrected chi connectivity index (χ0v) is 18.8. The average molecular weight is 455 g/mol. The lowest BCUT2D eigenvalue weighted by molar-refractivity contribution is 0.0771. The molecule has 6 nitrogen and oxygen atoms in total. The Balaban J connectivity index is 1.41. The van der Waals surface area contributed by atoms with Crippen LogP contribution >= 0.6 is 11.6 Å². The SMILES string of the molecule is Fc1ccc(Cn2nnnc2[C@H](c2ccc(Cl)cc2)N2CCN(C3CCCC3)CC2)cc1. The number of hydrogen-bond acceptors (Lipinski definition) is 5. The minimum absolute atomic E-state index is 0.0616. The molecule has 2 aromatic carbocycles. The molecular weight excluding hydrogens is 427 g/mol. The molecule has 0 spiro atoms. The van der Waals surface area contributed by atoms with Crippen molar-refractivity contribution in [3.05, 3.63) is 76.3 Å². The summed E-state index contributed by atoms with van der Waals surface area (Å²) in [7, 11) is 0. The minimum atomic E-state index is -0.245. The first-order chi connectivity index (χ1) is 15.7. The van der Waals surface area contributed by atoms with Gasteiger partial charge in [-0.25, -0.2) is 9.07 Å². The van der Waals surface area contributed by atoms with Gasteiger partial charge in [0.15, 0.2) is 5.82 Å². The molecule has 1 saturated carbocycles. The fourth-order valence-electron chi connectivity index (χ4n) is 5.08. The highest BCUT2D eigenvalue weighted by Crippen LogP contribution is 2.31. The van der Waals surface area contributed by atoms with Crippen LogP contribution in [0.25, 0.3) is 0 Å². The van der Waals surface area contributed by atoms with E-state index in [0.717, 1.165) is 49.2 Å². The predicted molar refractivity (Wildman–Crippen MR) is 122 cm³/mol. The Morgan fingerprint density at radius 1 is 0.938 bits per heavy atom. The Labute approximate surface area is 193 Å². The van der Waals surface area contributed by atoms with Crippen molar-refractivity contribution in [2.45, 2.75) is 44.3 Å². The molecule has 0 unspecified atom stereocenters. The average Bonchev–Trinajstić information content (AvgIpc) is 3.50. The van der Waals surface area contributed by atoms with Crippen LogP contribution in [-0.4, -0.2) is 62.2 Å². The van der Waals surface area contributed by atoms with Gasteiger partial charge in [0.05, 0.1) is 12.6 Å². The molecule has 0 radical (unpaired) electrons. The van der Waals surface area contributed by atoms with E-state index in [4.69, 9.17) is 11.6 Å². The Bertz CT molecular complexity index is 1010. The minimum Gasteiger partial charge on any atom is -0.298 e. The maximum atomic E-state index is 13.3. The van der Waals surface area contributed by atoms with Crippen LogP contribution in [0.2, 0.25) is 5.02 Å². The van der Waals surface area contributed by atoms with Gasteiger partial charge in [0.2, 0.25) is 0 Å². The highest BCUT2D eigenvalue weighted by molar-refractivity contribution is 6.30. The Kier molecular flexibility index (Phi) is 6.48. The van der Waals surface area contributed by atoms with E-state index in [1.165, 1.54) is 37.8 Å². The number of piperazine rings is 1. The summed E-state index contributed by atoms with van der Waals surface area (Å²) in [6.07, 6.45) is 5.37. The number of nitrogens with zero attached hydrogens (tertiary/aromatic N) is 6. The first kappa shape index (κ1) is 21.5. The lowest BCUT2D eigenvalue weighted by Crippen LogP contribution is -2.51. The maximum Gasteiger partial charge on any atom is 0.173 e. The molecule has 1 aliphatic heterocycles. The molecule has 0 amide bonds. The fraction of sp³-hybridized carbons (Fsp3) is 0.458. The van der Waals surface area contributed by atoms with E-state index < -0.39 is 0 Å². The maximum absolute atomic E-state index is 13.3. The smallest absolute Gasteiger partial charge is 0.173 e. The lowest BCUT2D eigenvalue weighted by atomic mass is 10.0. The van der Waals surface area contributed by atoms with Crippen molar-refractivity contribution in [2.24, 2.45) is 0 Å². The molecular formula is C24H28ClFN6. The van der Waals surface area contributed by atoms with E-state index in [1.807, 2.05) is 16.8 Å². The van der Waals surface area contributed by atoms with Gasteiger partial charge < -0.3 is 0 Å². The highest BCUT2D eigenvalue weighted by atomic mass is 35.5. The van der Waals surface area contributed by atoms with E-state index >= 15 is 0 Å². The van der Waals surface area contributed by atoms with Crippen LogP contribution in [-0.2, 0) is 6.54 Å². The molecule has 2 heterocycles. The molecule has 32 heavy (non-hydrogen) atoms. The molecule has 8 heteroatoms. The Hall–Kier alpha value is -2.35.